The molecular formula is C84H145N2O19P. The van der Waals surface area contributed by atoms with Crippen LogP contribution in [-0.4, -0.2) is 157 Å². The van der Waals surface area contributed by atoms with Gasteiger partial charge in [0.1, 0.15) is 60.3 Å². The van der Waals surface area contributed by atoms with Crippen molar-refractivity contribution in [3.8, 4) is 11.5 Å². The van der Waals surface area contributed by atoms with E-state index < -0.39 is 112 Å². The van der Waals surface area contributed by atoms with Crippen LogP contribution in [0.3, 0.4) is 0 Å². The first-order valence-electron chi connectivity index (χ1n) is 42.0. The number of hydrogen-bond acceptors (Lipinski definition) is 18. The minimum absolute atomic E-state index is 0.0781. The Kier molecular flexibility index (Phi) is 52.9. The maximum atomic E-state index is 15.5. The van der Waals surface area contributed by atoms with Crippen LogP contribution in [0.2, 0.25) is 0 Å². The number of para-hydroxylation sites is 2. The lowest BCUT2D eigenvalue weighted by Crippen LogP contribution is -2.68. The van der Waals surface area contributed by atoms with Crippen LogP contribution in [0.1, 0.15) is 324 Å². The molecule has 2 aliphatic rings. The molecular weight excluding hydrogens is 1370 g/mol. The van der Waals surface area contributed by atoms with Gasteiger partial charge < -0.3 is 73.3 Å². The zero-order chi connectivity index (χ0) is 76.7. The van der Waals surface area contributed by atoms with E-state index in [1.807, 2.05) is 0 Å². The van der Waals surface area contributed by atoms with Gasteiger partial charge >= 0.3 is 19.8 Å². The number of unbranched alkanes of at least 4 members (excludes halogenated alkanes) is 34. The molecule has 2 amide bonds. The van der Waals surface area contributed by atoms with Crippen LogP contribution in [0.25, 0.3) is 0 Å². The molecule has 2 aromatic rings. The molecule has 21 nitrogen and oxygen atoms in total. The van der Waals surface area contributed by atoms with E-state index in [1.165, 1.54) is 149 Å². The molecule has 0 unspecified atom stereocenters. The lowest BCUT2D eigenvalue weighted by Gasteiger charge is -2.47. The first-order chi connectivity index (χ1) is 51.5. The van der Waals surface area contributed by atoms with Gasteiger partial charge in [-0.1, -0.05) is 295 Å². The van der Waals surface area contributed by atoms with Crippen molar-refractivity contribution in [2.75, 3.05) is 33.5 Å². The molecule has 22 heteroatoms. The minimum Gasteiger partial charge on any atom is -0.479 e. The van der Waals surface area contributed by atoms with Crippen molar-refractivity contribution in [3.63, 3.8) is 0 Å². The molecule has 2 aliphatic heterocycles. The highest BCUT2D eigenvalue weighted by Crippen LogP contribution is 2.52. The number of phosphoric ester groups is 1. The predicted molar refractivity (Wildman–Crippen MR) is 417 cm³/mol. The Balaban J connectivity index is 1.66. The number of benzene rings is 2. The topological polar surface area (TPSA) is 283 Å². The zero-order valence-electron chi connectivity index (χ0n) is 66.3. The summed E-state index contributed by atoms with van der Waals surface area (Å²) in [5, 5.41) is 51.4. The highest BCUT2D eigenvalue weighted by Gasteiger charge is 2.54. The number of amides is 2. The van der Waals surface area contributed by atoms with Crippen LogP contribution < -0.4 is 19.7 Å². The van der Waals surface area contributed by atoms with E-state index in [0.29, 0.717) is 32.1 Å². The average molecular weight is 1520 g/mol. The summed E-state index contributed by atoms with van der Waals surface area (Å²) in [4.78, 5) is 54.9. The highest BCUT2D eigenvalue weighted by atomic mass is 31.2. The van der Waals surface area contributed by atoms with E-state index in [4.69, 9.17) is 46.7 Å². The Labute approximate surface area is 638 Å². The van der Waals surface area contributed by atoms with Crippen LogP contribution in [0.4, 0.5) is 0 Å². The Hall–Kier alpha value is -4.25. The lowest BCUT2D eigenvalue weighted by atomic mass is 9.91. The summed E-state index contributed by atoms with van der Waals surface area (Å²) < 4.78 is 79.5. The summed E-state index contributed by atoms with van der Waals surface area (Å²) >= 11 is 0. The summed E-state index contributed by atoms with van der Waals surface area (Å²) in [7, 11) is -3.37. The van der Waals surface area contributed by atoms with Gasteiger partial charge in [0.2, 0.25) is 11.8 Å². The molecule has 0 aromatic heterocycles. The molecule has 0 aliphatic carbocycles. The predicted octanol–water partition coefficient (Wildman–Crippen LogP) is 18.3. The molecule has 0 spiro atoms. The number of carbonyl (C=O) groups is 4. The van der Waals surface area contributed by atoms with Gasteiger partial charge in [0, 0.05) is 33.5 Å². The quantitative estimate of drug-likeness (QED) is 0.0204. The number of phosphoric acid groups is 1. The fourth-order valence-corrected chi connectivity index (χ4v) is 15.7. The number of aliphatic carboxylic acids is 1. The van der Waals surface area contributed by atoms with E-state index in [-0.39, 0.29) is 63.0 Å². The Morgan fingerprint density at radius 2 is 0.915 bits per heavy atom. The fourth-order valence-electron chi connectivity index (χ4n) is 14.2. The molecule has 4 rings (SSSR count). The average Bonchev–Trinajstić information content (AvgIpc) is 0.781. The number of aliphatic hydroxyl groups is 3. The van der Waals surface area contributed by atoms with Crippen LogP contribution in [-0.2, 0) is 61.4 Å². The molecule has 13 atom stereocenters. The summed E-state index contributed by atoms with van der Waals surface area (Å²) in [6.07, 6.45) is 30.0. The standard InChI is InChI=1S/C84H145N2O19P/c1-7-11-15-19-23-27-28-32-36-40-50-58-75(91)100-69(53-45-39-35-31-26-22-18-14-10-4)60-62-98-81-77(85-66(5)87)84(102-73(64-96-6)79(81)105-106(95,103-70-54-46-41-47-55-70)104-71-56-48-42-49-57-71)99-65-72-78(92)80(97-61-59-67(88)51-43-37-33-29-24-20-16-12-8-2)76(82(101-72)83(93)94)86-74(90)63-68(89)52-44-38-34-30-25-21-17-13-9-3/h41-42,46-49,54-57,67-69,72-73,76-82,84,88-89,92H,7-40,43-45,50-53,58-65H2,1-6H3,(H,85,87)(H,86,90)(H,93,94)/t67-,68-,69-,72-,73-,76-,77-,78-,79+,80-,81-,82+,84-/m1/s1. The normalized spacial score (nSPS) is 21.3. The smallest absolute Gasteiger partial charge is 0.479 e. The maximum absolute atomic E-state index is 15.5. The maximum Gasteiger partial charge on any atom is 0.588 e. The monoisotopic (exact) mass is 1520 g/mol. The van der Waals surface area contributed by atoms with Gasteiger partial charge in [-0.25, -0.2) is 9.36 Å². The number of carboxylic acid groups (broad SMARTS) is 1. The molecule has 610 valence electrons. The Morgan fingerprint density at radius 3 is 1.38 bits per heavy atom. The second-order valence-electron chi connectivity index (χ2n) is 29.9. The van der Waals surface area contributed by atoms with Crippen LogP contribution in [0.5, 0.6) is 11.5 Å². The summed E-state index contributed by atoms with van der Waals surface area (Å²) in [6.45, 7) is 9.10. The highest BCUT2D eigenvalue weighted by molar-refractivity contribution is 7.49. The Bertz CT molecular complexity index is 2510. The van der Waals surface area contributed by atoms with E-state index >= 15 is 4.57 Å². The first kappa shape index (κ1) is 94.1. The van der Waals surface area contributed by atoms with Crippen LogP contribution in [0, 0.1) is 0 Å². The first-order valence-corrected chi connectivity index (χ1v) is 43.5. The van der Waals surface area contributed by atoms with Gasteiger partial charge in [0.15, 0.2) is 12.4 Å². The van der Waals surface area contributed by atoms with E-state index in [9.17, 15) is 39.6 Å². The zero-order valence-corrected chi connectivity index (χ0v) is 67.2. The summed E-state index contributed by atoms with van der Waals surface area (Å²) in [5.41, 5.74) is 0. The van der Waals surface area contributed by atoms with Gasteiger partial charge in [-0.05, 0) is 62.8 Å². The summed E-state index contributed by atoms with van der Waals surface area (Å²) in [5.74, 6) is -2.69. The SMILES string of the molecule is CCCCCCCCCCCCCC(=O)O[C@H](CCCCCCCCCCC)CCO[C@@H]1[C@@H](NC(C)=O)[C@H](OC[C@H]2O[C@H](C(=O)O)[C@H](NC(=O)C[C@H](O)CCCCCCCCCCC)[C@@H](OCC[C@H](O)CCCCCCCCCCC)[C@@H]2O)O[C@H](COC)[C@@H]1OP(=O)(Oc1ccccc1)Oc1ccccc1. The van der Waals surface area contributed by atoms with Crippen molar-refractivity contribution >= 4 is 31.6 Å². The fraction of sp³-hybridized carbons (Fsp3) is 0.810. The van der Waals surface area contributed by atoms with Crippen molar-refractivity contribution < 1.29 is 90.9 Å². The molecule has 106 heavy (non-hydrogen) atoms. The molecule has 2 fully saturated rings. The van der Waals surface area contributed by atoms with Crippen LogP contribution in [0.15, 0.2) is 60.7 Å². The van der Waals surface area contributed by atoms with Gasteiger partial charge in [-0.15, -0.1) is 0 Å². The number of carboxylic acids is 1. The molecule has 0 radical (unpaired) electrons. The van der Waals surface area contributed by atoms with Gasteiger partial charge in [-0.2, -0.15) is 0 Å². The lowest BCUT2D eigenvalue weighted by molar-refractivity contribution is -0.290. The number of ether oxygens (including phenoxy) is 7. The number of aliphatic hydroxyl groups excluding tert-OH is 3. The second-order valence-corrected chi connectivity index (χ2v) is 31.4. The molecule has 6 N–H and O–H groups in total. The van der Waals surface area contributed by atoms with Gasteiger partial charge in [-0.3, -0.25) is 18.9 Å². The van der Waals surface area contributed by atoms with E-state index in [1.54, 1.807) is 60.7 Å². The van der Waals surface area contributed by atoms with Crippen molar-refractivity contribution in [3.05, 3.63) is 60.7 Å². The third kappa shape index (κ3) is 41.7. The third-order valence-corrected chi connectivity index (χ3v) is 21.7. The largest absolute Gasteiger partial charge is 0.588 e. The summed E-state index contributed by atoms with van der Waals surface area (Å²) in [6, 6.07) is 13.9. The number of esters is 1. The van der Waals surface area contributed by atoms with Crippen molar-refractivity contribution in [1.29, 1.82) is 0 Å². The number of rotatable bonds is 67. The number of nitrogens with one attached hydrogen (secondary N) is 2. The second kappa shape index (κ2) is 59.5. The van der Waals surface area contributed by atoms with E-state index in [2.05, 4.69) is 38.3 Å². The molecule has 0 saturated carbocycles. The molecule has 2 aromatic carbocycles. The van der Waals surface area contributed by atoms with Crippen molar-refractivity contribution in [2.45, 2.75) is 403 Å². The minimum atomic E-state index is -4.80. The van der Waals surface area contributed by atoms with E-state index in [0.717, 1.165) is 96.3 Å². The molecule has 2 saturated heterocycles. The molecule has 0 bridgehead atoms. The third-order valence-electron chi connectivity index (χ3n) is 20.4. The number of hydrogen-bond donors (Lipinski definition) is 6. The van der Waals surface area contributed by atoms with Gasteiger partial charge in [0.05, 0.1) is 44.5 Å². The number of methoxy groups -OCH3 is 1. The van der Waals surface area contributed by atoms with Crippen molar-refractivity contribution in [1.82, 2.24) is 10.6 Å². The Morgan fingerprint density at radius 1 is 0.481 bits per heavy atom. The van der Waals surface area contributed by atoms with Gasteiger partial charge in [0.25, 0.3) is 0 Å². The van der Waals surface area contributed by atoms with Crippen molar-refractivity contribution in [2.24, 2.45) is 0 Å². The molecule has 2 heterocycles. The van der Waals surface area contributed by atoms with Crippen LogP contribution >= 0.6 is 7.82 Å². The number of carbonyl (C=O) groups excluding carboxylic acids is 3.